The molecule has 20 heavy (non-hydrogen) atoms. The van der Waals surface area contributed by atoms with E-state index >= 15 is 0 Å². The van der Waals surface area contributed by atoms with Gasteiger partial charge in [0.1, 0.15) is 0 Å². The molecule has 1 fully saturated rings. The summed E-state index contributed by atoms with van der Waals surface area (Å²) in [5.74, 6) is 0. The number of hydrogen-bond donors (Lipinski definition) is 1. The van der Waals surface area contributed by atoms with Gasteiger partial charge in [-0.05, 0) is 38.3 Å². The zero-order chi connectivity index (χ0) is 14.2. The molecule has 2 rings (SSSR count). The summed E-state index contributed by atoms with van der Waals surface area (Å²) < 4.78 is 11.7. The first kappa shape index (κ1) is 15.5. The van der Waals surface area contributed by atoms with Crippen molar-refractivity contribution >= 4 is 0 Å². The lowest BCUT2D eigenvalue weighted by Gasteiger charge is -2.28. The van der Waals surface area contributed by atoms with Gasteiger partial charge in [-0.3, -0.25) is 0 Å². The molecule has 0 spiro atoms. The quantitative estimate of drug-likeness (QED) is 0.776. The first-order valence-electron chi connectivity index (χ1n) is 7.80. The van der Waals surface area contributed by atoms with Crippen LogP contribution in [0.5, 0.6) is 0 Å². The second kappa shape index (κ2) is 8.40. The largest absolute Gasteiger partial charge is 0.381 e. The van der Waals surface area contributed by atoms with E-state index in [1.807, 2.05) is 0 Å². The first-order chi connectivity index (χ1) is 9.79. The topological polar surface area (TPSA) is 30.5 Å². The highest BCUT2D eigenvalue weighted by Gasteiger charge is 2.20. The average molecular weight is 277 g/mol. The van der Waals surface area contributed by atoms with Crippen molar-refractivity contribution in [1.82, 2.24) is 5.32 Å². The third kappa shape index (κ3) is 4.89. The summed E-state index contributed by atoms with van der Waals surface area (Å²) in [7, 11) is 0. The molecule has 3 nitrogen and oxygen atoms in total. The fourth-order valence-corrected chi connectivity index (χ4v) is 2.48. The van der Waals surface area contributed by atoms with Crippen LogP contribution >= 0.6 is 0 Å². The van der Waals surface area contributed by atoms with E-state index in [2.05, 4.69) is 43.4 Å². The molecular formula is C17H27NO2. The third-order valence-corrected chi connectivity index (χ3v) is 3.73. The molecule has 1 heterocycles. The van der Waals surface area contributed by atoms with Crippen molar-refractivity contribution in [3.8, 4) is 0 Å². The number of nitrogens with one attached hydrogen (secondary N) is 1. The number of ether oxygens (including phenoxy) is 2. The van der Waals surface area contributed by atoms with Gasteiger partial charge in [-0.2, -0.15) is 0 Å². The lowest BCUT2D eigenvalue weighted by Crippen LogP contribution is -2.30. The smallest absolute Gasteiger partial charge is 0.0953 e. The summed E-state index contributed by atoms with van der Waals surface area (Å²) in [6, 6.07) is 8.70. The molecule has 1 aromatic rings. The standard InChI is InChI=1S/C17H27NO2/c1-3-10-18-13-17(15-6-4-14(2)5-7-15)20-16-8-11-19-12-9-16/h4-7,16-18H,3,8-13H2,1-2H3. The van der Waals surface area contributed by atoms with Crippen LogP contribution < -0.4 is 5.32 Å². The minimum Gasteiger partial charge on any atom is -0.381 e. The van der Waals surface area contributed by atoms with E-state index in [1.54, 1.807) is 0 Å². The zero-order valence-corrected chi connectivity index (χ0v) is 12.7. The Morgan fingerprint density at radius 3 is 2.60 bits per heavy atom. The fraction of sp³-hybridized carbons (Fsp3) is 0.647. The highest BCUT2D eigenvalue weighted by atomic mass is 16.5. The van der Waals surface area contributed by atoms with E-state index in [9.17, 15) is 0 Å². The maximum Gasteiger partial charge on any atom is 0.0953 e. The van der Waals surface area contributed by atoms with E-state index in [4.69, 9.17) is 9.47 Å². The van der Waals surface area contributed by atoms with Crippen LogP contribution in [0.25, 0.3) is 0 Å². The Hall–Kier alpha value is -0.900. The maximum absolute atomic E-state index is 6.32. The molecule has 3 heteroatoms. The van der Waals surface area contributed by atoms with E-state index in [-0.39, 0.29) is 6.10 Å². The minimum absolute atomic E-state index is 0.144. The lowest BCUT2D eigenvalue weighted by molar-refractivity contribution is -0.0688. The summed E-state index contributed by atoms with van der Waals surface area (Å²) in [6.45, 7) is 7.88. The molecule has 1 atom stereocenters. The van der Waals surface area contributed by atoms with Crippen LogP contribution in [0.4, 0.5) is 0 Å². The average Bonchev–Trinajstić information content (AvgIpc) is 2.48. The van der Waals surface area contributed by atoms with Gasteiger partial charge in [0.15, 0.2) is 0 Å². The van der Waals surface area contributed by atoms with Gasteiger partial charge in [0.25, 0.3) is 0 Å². The number of aryl methyl sites for hydroxylation is 1. The molecule has 0 radical (unpaired) electrons. The number of hydrogen-bond acceptors (Lipinski definition) is 3. The van der Waals surface area contributed by atoms with Gasteiger partial charge in [-0.25, -0.2) is 0 Å². The Kier molecular flexibility index (Phi) is 6.51. The molecular weight excluding hydrogens is 250 g/mol. The van der Waals surface area contributed by atoms with E-state index in [1.165, 1.54) is 11.1 Å². The molecule has 0 saturated carbocycles. The Morgan fingerprint density at radius 2 is 1.95 bits per heavy atom. The Balaban J connectivity index is 1.97. The molecule has 0 amide bonds. The van der Waals surface area contributed by atoms with Crippen molar-refractivity contribution in [2.45, 2.75) is 45.3 Å². The van der Waals surface area contributed by atoms with Crippen molar-refractivity contribution in [3.05, 3.63) is 35.4 Å². The van der Waals surface area contributed by atoms with Gasteiger partial charge in [0.05, 0.1) is 12.2 Å². The van der Waals surface area contributed by atoms with Gasteiger partial charge < -0.3 is 14.8 Å². The van der Waals surface area contributed by atoms with Crippen LogP contribution in [0.3, 0.4) is 0 Å². The van der Waals surface area contributed by atoms with Crippen LogP contribution in [0.1, 0.15) is 43.4 Å². The van der Waals surface area contributed by atoms with E-state index in [0.717, 1.165) is 45.6 Å². The second-order valence-corrected chi connectivity index (χ2v) is 5.55. The molecule has 1 aliphatic heterocycles. The van der Waals surface area contributed by atoms with Crippen molar-refractivity contribution in [1.29, 1.82) is 0 Å². The summed E-state index contributed by atoms with van der Waals surface area (Å²) in [5, 5.41) is 3.48. The Labute approximate surface area is 122 Å². The molecule has 1 aromatic carbocycles. The van der Waals surface area contributed by atoms with Gasteiger partial charge in [-0.1, -0.05) is 36.8 Å². The van der Waals surface area contributed by atoms with Crippen molar-refractivity contribution in [2.75, 3.05) is 26.3 Å². The third-order valence-electron chi connectivity index (χ3n) is 3.73. The monoisotopic (exact) mass is 277 g/mol. The predicted octanol–water partition coefficient (Wildman–Crippen LogP) is 3.23. The summed E-state index contributed by atoms with van der Waals surface area (Å²) in [4.78, 5) is 0. The molecule has 112 valence electrons. The van der Waals surface area contributed by atoms with Crippen LogP contribution in [0.15, 0.2) is 24.3 Å². The number of benzene rings is 1. The molecule has 1 unspecified atom stereocenters. The Bertz CT molecular complexity index is 371. The zero-order valence-electron chi connectivity index (χ0n) is 12.7. The predicted molar refractivity (Wildman–Crippen MR) is 82.0 cm³/mol. The van der Waals surface area contributed by atoms with Gasteiger partial charge in [0, 0.05) is 19.8 Å². The van der Waals surface area contributed by atoms with Crippen LogP contribution in [0, 0.1) is 6.92 Å². The van der Waals surface area contributed by atoms with E-state index < -0.39 is 0 Å². The van der Waals surface area contributed by atoms with Crippen LogP contribution in [-0.2, 0) is 9.47 Å². The second-order valence-electron chi connectivity index (χ2n) is 5.55. The normalized spacial score (nSPS) is 18.1. The molecule has 1 N–H and O–H groups in total. The Morgan fingerprint density at radius 1 is 1.25 bits per heavy atom. The summed E-state index contributed by atoms with van der Waals surface area (Å²) >= 11 is 0. The summed E-state index contributed by atoms with van der Waals surface area (Å²) in [5.41, 5.74) is 2.56. The molecule has 1 aliphatic rings. The van der Waals surface area contributed by atoms with Gasteiger partial charge in [-0.15, -0.1) is 0 Å². The molecule has 1 saturated heterocycles. The van der Waals surface area contributed by atoms with Crippen molar-refractivity contribution in [2.24, 2.45) is 0 Å². The van der Waals surface area contributed by atoms with Crippen molar-refractivity contribution < 1.29 is 9.47 Å². The first-order valence-corrected chi connectivity index (χ1v) is 7.80. The number of rotatable bonds is 7. The lowest BCUT2D eigenvalue weighted by atomic mass is 10.1. The SMILES string of the molecule is CCCNCC(OC1CCOCC1)c1ccc(C)cc1. The maximum atomic E-state index is 6.32. The summed E-state index contributed by atoms with van der Waals surface area (Å²) in [6.07, 6.45) is 3.65. The minimum atomic E-state index is 0.144. The molecule has 0 bridgehead atoms. The van der Waals surface area contributed by atoms with Crippen molar-refractivity contribution in [3.63, 3.8) is 0 Å². The van der Waals surface area contributed by atoms with Gasteiger partial charge >= 0.3 is 0 Å². The molecule has 0 aromatic heterocycles. The molecule has 0 aliphatic carbocycles. The fourth-order valence-electron chi connectivity index (χ4n) is 2.48. The van der Waals surface area contributed by atoms with Crippen LogP contribution in [0.2, 0.25) is 0 Å². The van der Waals surface area contributed by atoms with Crippen LogP contribution in [-0.4, -0.2) is 32.4 Å². The highest BCUT2D eigenvalue weighted by molar-refractivity contribution is 5.23. The van der Waals surface area contributed by atoms with Gasteiger partial charge in [0.2, 0.25) is 0 Å². The van der Waals surface area contributed by atoms with E-state index in [0.29, 0.717) is 6.10 Å². The highest BCUT2D eigenvalue weighted by Crippen LogP contribution is 2.23.